The summed E-state index contributed by atoms with van der Waals surface area (Å²) in [5, 5.41) is 0. The van der Waals surface area contributed by atoms with Gasteiger partial charge in [0, 0.05) is 25.0 Å². The Bertz CT molecular complexity index is 951. The Morgan fingerprint density at radius 3 is 2.52 bits per heavy atom. The Morgan fingerprint density at radius 1 is 1.08 bits per heavy atom. The van der Waals surface area contributed by atoms with Gasteiger partial charge in [-0.15, -0.1) is 0 Å². The summed E-state index contributed by atoms with van der Waals surface area (Å²) in [7, 11) is 1.63. The zero-order valence-electron chi connectivity index (χ0n) is 13.6. The number of nitrogens with zero attached hydrogens (tertiary/aromatic N) is 3. The average Bonchev–Trinajstić information content (AvgIpc) is 3.27. The number of carbonyl (C=O) groups is 1. The van der Waals surface area contributed by atoms with Gasteiger partial charge < -0.3 is 10.2 Å². The maximum Gasteiger partial charge on any atom is 0.266 e. The highest BCUT2D eigenvalue weighted by atomic mass is 16.3. The molecule has 4 rings (SSSR count). The normalized spacial score (nSPS) is 20.0. The number of likely N-dealkylation sites (N-methyl/N-ethyl adjacent to an activating group) is 1. The second-order valence-corrected chi connectivity index (χ2v) is 5.87. The van der Waals surface area contributed by atoms with Gasteiger partial charge in [0.05, 0.1) is 12.5 Å². The van der Waals surface area contributed by atoms with Crippen LogP contribution in [0.25, 0.3) is 11.1 Å². The van der Waals surface area contributed by atoms with Gasteiger partial charge in [-0.3, -0.25) is 14.7 Å². The van der Waals surface area contributed by atoms with E-state index >= 15 is 0 Å². The van der Waals surface area contributed by atoms with Gasteiger partial charge in [-0.05, 0) is 41.0 Å². The van der Waals surface area contributed by atoms with E-state index in [-0.39, 0.29) is 11.9 Å². The van der Waals surface area contributed by atoms with Gasteiger partial charge in [0.1, 0.15) is 0 Å². The van der Waals surface area contributed by atoms with Crippen LogP contribution in [-0.2, 0) is 10.3 Å². The molecule has 6 nitrogen and oxygen atoms in total. The van der Waals surface area contributed by atoms with Crippen molar-refractivity contribution in [1.29, 1.82) is 0 Å². The van der Waals surface area contributed by atoms with Crippen molar-refractivity contribution >= 4 is 11.9 Å². The predicted molar refractivity (Wildman–Crippen MR) is 93.6 cm³/mol. The van der Waals surface area contributed by atoms with Crippen molar-refractivity contribution in [1.82, 2.24) is 9.88 Å². The lowest BCUT2D eigenvalue weighted by Gasteiger charge is -2.26. The summed E-state index contributed by atoms with van der Waals surface area (Å²) in [6.45, 7) is 0. The zero-order valence-corrected chi connectivity index (χ0v) is 13.6. The molecule has 0 spiro atoms. The summed E-state index contributed by atoms with van der Waals surface area (Å²) < 4.78 is 5.17. The molecule has 2 N–H and O–H groups in total. The number of furan rings is 1. The maximum absolute atomic E-state index is 13.1. The number of benzene rings is 1. The second-order valence-electron chi connectivity index (χ2n) is 5.87. The Labute approximate surface area is 144 Å². The molecular formula is C19H16N4O2. The molecular weight excluding hydrogens is 316 g/mol. The van der Waals surface area contributed by atoms with Gasteiger partial charge in [-0.2, -0.15) is 0 Å². The van der Waals surface area contributed by atoms with Crippen LogP contribution >= 0.6 is 0 Å². The molecule has 0 saturated carbocycles. The molecule has 0 aliphatic carbocycles. The minimum absolute atomic E-state index is 0.190. The average molecular weight is 332 g/mol. The zero-order chi connectivity index (χ0) is 17.4. The van der Waals surface area contributed by atoms with E-state index in [0.717, 1.165) is 22.3 Å². The summed E-state index contributed by atoms with van der Waals surface area (Å²) in [5.41, 5.74) is 8.11. The molecule has 1 aliphatic rings. The molecule has 3 aromatic rings. The molecule has 1 aromatic carbocycles. The van der Waals surface area contributed by atoms with Crippen molar-refractivity contribution in [2.45, 2.75) is 5.54 Å². The number of pyridine rings is 1. The number of amides is 1. The fraction of sp³-hybridized carbons (Fsp3) is 0.105. The summed E-state index contributed by atoms with van der Waals surface area (Å²) >= 11 is 0. The minimum Gasteiger partial charge on any atom is -0.472 e. The lowest BCUT2D eigenvalue weighted by atomic mass is 9.82. The van der Waals surface area contributed by atoms with Crippen LogP contribution in [0.1, 0.15) is 11.1 Å². The van der Waals surface area contributed by atoms with Gasteiger partial charge in [-0.1, -0.05) is 18.2 Å². The summed E-state index contributed by atoms with van der Waals surface area (Å²) in [4.78, 5) is 23.1. The Hall–Kier alpha value is -3.41. The summed E-state index contributed by atoms with van der Waals surface area (Å²) in [6.07, 6.45) is 6.58. The van der Waals surface area contributed by atoms with E-state index in [1.165, 1.54) is 4.90 Å². The Balaban J connectivity index is 1.95. The summed E-state index contributed by atoms with van der Waals surface area (Å²) in [6, 6.07) is 13.1. The van der Waals surface area contributed by atoms with Crippen molar-refractivity contribution in [2.24, 2.45) is 10.7 Å². The molecule has 0 bridgehead atoms. The number of carbonyl (C=O) groups excluding carboxylic acids is 1. The van der Waals surface area contributed by atoms with Gasteiger partial charge in [0.2, 0.25) is 0 Å². The molecule has 124 valence electrons. The fourth-order valence-corrected chi connectivity index (χ4v) is 3.13. The maximum atomic E-state index is 13.1. The largest absolute Gasteiger partial charge is 0.472 e. The van der Waals surface area contributed by atoms with Crippen molar-refractivity contribution < 1.29 is 9.21 Å². The molecule has 0 saturated heterocycles. The first-order valence-electron chi connectivity index (χ1n) is 7.80. The lowest BCUT2D eigenvalue weighted by molar-refractivity contribution is -0.129. The number of hydrogen-bond acceptors (Lipinski definition) is 5. The van der Waals surface area contributed by atoms with E-state index in [9.17, 15) is 4.79 Å². The SMILES string of the molecule is CN1C(=O)C(c2ccncc2)(c2cccc(-c3ccoc3)c2)N=C1N. The highest BCUT2D eigenvalue weighted by molar-refractivity contribution is 6.09. The van der Waals surface area contributed by atoms with Crippen LogP contribution in [0.4, 0.5) is 0 Å². The van der Waals surface area contributed by atoms with E-state index in [0.29, 0.717) is 0 Å². The topological polar surface area (TPSA) is 84.7 Å². The highest BCUT2D eigenvalue weighted by Crippen LogP contribution is 2.40. The molecule has 1 unspecified atom stereocenters. The number of guanidine groups is 1. The van der Waals surface area contributed by atoms with Crippen molar-refractivity contribution in [3.05, 3.63) is 78.5 Å². The molecule has 1 aliphatic heterocycles. The molecule has 2 aromatic heterocycles. The van der Waals surface area contributed by atoms with E-state index in [1.54, 1.807) is 44.1 Å². The van der Waals surface area contributed by atoms with E-state index in [1.807, 2.05) is 30.3 Å². The molecule has 3 heterocycles. The number of rotatable bonds is 3. The Morgan fingerprint density at radius 2 is 1.88 bits per heavy atom. The first kappa shape index (κ1) is 15.1. The quantitative estimate of drug-likeness (QED) is 0.798. The van der Waals surface area contributed by atoms with E-state index in [2.05, 4.69) is 9.98 Å². The van der Waals surface area contributed by atoms with Crippen molar-refractivity contribution in [3.8, 4) is 11.1 Å². The minimum atomic E-state index is -1.21. The second kappa shape index (κ2) is 5.59. The van der Waals surface area contributed by atoms with E-state index < -0.39 is 5.54 Å². The van der Waals surface area contributed by atoms with Crippen LogP contribution in [0.5, 0.6) is 0 Å². The van der Waals surface area contributed by atoms with Gasteiger partial charge in [0.15, 0.2) is 11.5 Å². The third kappa shape index (κ3) is 2.22. The molecule has 6 heteroatoms. The molecule has 1 amide bonds. The smallest absolute Gasteiger partial charge is 0.266 e. The Kier molecular flexibility index (Phi) is 3.39. The molecule has 25 heavy (non-hydrogen) atoms. The third-order valence-corrected chi connectivity index (χ3v) is 4.47. The molecule has 1 atom stereocenters. The van der Waals surface area contributed by atoms with Gasteiger partial charge in [0.25, 0.3) is 5.91 Å². The predicted octanol–water partition coefficient (Wildman–Crippen LogP) is 2.37. The van der Waals surface area contributed by atoms with Crippen LogP contribution in [0, 0.1) is 0 Å². The number of aliphatic imine (C=N–C) groups is 1. The van der Waals surface area contributed by atoms with Crippen LogP contribution in [-0.4, -0.2) is 28.8 Å². The number of hydrogen-bond donors (Lipinski definition) is 1. The highest BCUT2D eigenvalue weighted by Gasteiger charge is 2.49. The van der Waals surface area contributed by atoms with Crippen molar-refractivity contribution in [3.63, 3.8) is 0 Å². The van der Waals surface area contributed by atoms with Crippen LogP contribution in [0.15, 0.2) is 76.8 Å². The summed E-state index contributed by atoms with van der Waals surface area (Å²) in [5.74, 6) is -0.00364. The number of nitrogens with two attached hydrogens (primary N) is 1. The molecule has 0 radical (unpaired) electrons. The molecule has 0 fully saturated rings. The first-order chi connectivity index (χ1) is 12.1. The number of aromatic nitrogens is 1. The third-order valence-electron chi connectivity index (χ3n) is 4.47. The fourth-order valence-electron chi connectivity index (χ4n) is 3.13. The van der Waals surface area contributed by atoms with Crippen molar-refractivity contribution in [2.75, 3.05) is 7.05 Å². The van der Waals surface area contributed by atoms with Crippen LogP contribution in [0.3, 0.4) is 0 Å². The van der Waals surface area contributed by atoms with Crippen LogP contribution < -0.4 is 5.73 Å². The monoisotopic (exact) mass is 332 g/mol. The first-order valence-corrected chi connectivity index (χ1v) is 7.80. The standard InChI is InChI=1S/C19H16N4O2/c1-23-17(24)19(22-18(23)20,15-5-8-21-9-6-15)16-4-2-3-13(11-16)14-7-10-25-12-14/h2-12H,1H3,(H2,20,22). The lowest BCUT2D eigenvalue weighted by Crippen LogP contribution is -2.41. The van der Waals surface area contributed by atoms with Gasteiger partial charge >= 0.3 is 0 Å². The van der Waals surface area contributed by atoms with E-state index in [4.69, 9.17) is 10.2 Å². The van der Waals surface area contributed by atoms with Crippen LogP contribution in [0.2, 0.25) is 0 Å². The van der Waals surface area contributed by atoms with Gasteiger partial charge in [-0.25, -0.2) is 4.99 Å².